The van der Waals surface area contributed by atoms with Gasteiger partial charge in [0.05, 0.1) is 16.6 Å². The second-order valence-corrected chi connectivity index (χ2v) is 6.18. The Morgan fingerprint density at radius 1 is 1.09 bits per heavy atom. The molecule has 2 aromatic rings. The van der Waals surface area contributed by atoms with Gasteiger partial charge in [-0.3, -0.25) is 0 Å². The summed E-state index contributed by atoms with van der Waals surface area (Å²) < 4.78 is 11.8. The third-order valence-electron chi connectivity index (χ3n) is 2.84. The highest BCUT2D eigenvalue weighted by Crippen LogP contribution is 2.28. The molecule has 7 heteroatoms. The van der Waals surface area contributed by atoms with Gasteiger partial charge in [-0.15, -0.1) is 0 Å². The van der Waals surface area contributed by atoms with Crippen molar-refractivity contribution in [3.8, 4) is 11.5 Å². The molecule has 5 nitrogen and oxygen atoms in total. The number of hydrogen-bond acceptors (Lipinski definition) is 4. The molecule has 0 spiro atoms. The van der Waals surface area contributed by atoms with Crippen molar-refractivity contribution >= 4 is 43.8 Å². The zero-order valence-electron chi connectivity index (χ0n) is 12.0. The van der Waals surface area contributed by atoms with E-state index in [2.05, 4.69) is 31.9 Å². The highest BCUT2D eigenvalue weighted by Gasteiger charge is 2.17. The molecule has 0 aromatic heterocycles. The molecule has 0 fully saturated rings. The first kappa shape index (κ1) is 17.5. The summed E-state index contributed by atoms with van der Waals surface area (Å²) in [5.74, 6) is -1.24. The lowest BCUT2D eigenvalue weighted by Gasteiger charge is -2.10. The third-order valence-corrected chi connectivity index (χ3v) is 3.96. The maximum absolute atomic E-state index is 12.2. The van der Waals surface area contributed by atoms with E-state index < -0.39 is 11.9 Å². The monoisotopic (exact) mass is 442 g/mol. The molecule has 0 amide bonds. The summed E-state index contributed by atoms with van der Waals surface area (Å²) in [5, 5.41) is 9.18. The number of carbonyl (C=O) groups excluding carboxylic acids is 1. The van der Waals surface area contributed by atoms with Crippen LogP contribution in [0.3, 0.4) is 0 Å². The van der Waals surface area contributed by atoms with Crippen molar-refractivity contribution in [2.75, 3.05) is 6.61 Å². The Morgan fingerprint density at radius 2 is 1.78 bits per heavy atom. The Morgan fingerprint density at radius 3 is 2.39 bits per heavy atom. The number of carbonyl (C=O) groups is 2. The number of carboxylic acids is 1. The smallest absolute Gasteiger partial charge is 0.343 e. The number of rotatable bonds is 5. The summed E-state index contributed by atoms with van der Waals surface area (Å²) >= 11 is 6.50. The molecule has 120 valence electrons. The van der Waals surface area contributed by atoms with E-state index in [1.807, 2.05) is 6.92 Å². The van der Waals surface area contributed by atoms with Crippen molar-refractivity contribution in [1.29, 1.82) is 0 Å². The Hall–Kier alpha value is -1.86. The van der Waals surface area contributed by atoms with E-state index in [0.717, 1.165) is 0 Å². The van der Waals surface area contributed by atoms with Crippen molar-refractivity contribution < 1.29 is 24.2 Å². The van der Waals surface area contributed by atoms with Crippen LogP contribution in [-0.4, -0.2) is 23.7 Å². The zero-order valence-corrected chi connectivity index (χ0v) is 15.2. The molecule has 0 bridgehead atoms. The lowest BCUT2D eigenvalue weighted by atomic mass is 10.2. The molecule has 2 aromatic carbocycles. The van der Waals surface area contributed by atoms with E-state index in [1.54, 1.807) is 24.3 Å². The van der Waals surface area contributed by atoms with E-state index >= 15 is 0 Å². The van der Waals surface area contributed by atoms with Gasteiger partial charge in [-0.1, -0.05) is 15.9 Å². The fourth-order valence-electron chi connectivity index (χ4n) is 1.82. The summed E-state index contributed by atoms with van der Waals surface area (Å²) in [6, 6.07) is 9.16. The first-order valence-electron chi connectivity index (χ1n) is 6.59. The molecule has 0 aliphatic heterocycles. The van der Waals surface area contributed by atoms with E-state index in [4.69, 9.17) is 9.47 Å². The molecule has 1 N–H and O–H groups in total. The van der Waals surface area contributed by atoms with Gasteiger partial charge in [-0.05, 0) is 59.3 Å². The van der Waals surface area contributed by atoms with Crippen LogP contribution in [0.15, 0.2) is 45.3 Å². The summed E-state index contributed by atoms with van der Waals surface area (Å²) in [7, 11) is 0. The summed E-state index contributed by atoms with van der Waals surface area (Å²) in [5.41, 5.74) is 0.178. The van der Waals surface area contributed by atoms with Crippen LogP contribution >= 0.6 is 31.9 Å². The van der Waals surface area contributed by atoms with Crippen LogP contribution in [-0.2, 0) is 0 Å². The highest BCUT2D eigenvalue weighted by atomic mass is 79.9. The molecule has 0 radical (unpaired) electrons. The molecule has 0 aliphatic rings. The average molecular weight is 444 g/mol. The van der Waals surface area contributed by atoms with Gasteiger partial charge >= 0.3 is 11.9 Å². The molecular weight excluding hydrogens is 432 g/mol. The quantitative estimate of drug-likeness (QED) is 0.542. The lowest BCUT2D eigenvalue weighted by Crippen LogP contribution is -2.11. The summed E-state index contributed by atoms with van der Waals surface area (Å²) in [6.07, 6.45) is 0. The summed E-state index contributed by atoms with van der Waals surface area (Å²) in [6.45, 7) is 2.36. The van der Waals surface area contributed by atoms with Gasteiger partial charge < -0.3 is 14.6 Å². The Labute approximate surface area is 149 Å². The van der Waals surface area contributed by atoms with Crippen LogP contribution in [0.25, 0.3) is 0 Å². The van der Waals surface area contributed by atoms with Crippen molar-refractivity contribution in [3.05, 3.63) is 56.5 Å². The minimum atomic E-state index is -1.18. The lowest BCUT2D eigenvalue weighted by molar-refractivity contribution is 0.0681. The number of ether oxygens (including phenoxy) is 2. The van der Waals surface area contributed by atoms with Gasteiger partial charge in [0.2, 0.25) is 0 Å². The van der Waals surface area contributed by atoms with Crippen LogP contribution in [0.1, 0.15) is 27.6 Å². The zero-order chi connectivity index (χ0) is 17.0. The molecule has 0 saturated carbocycles. The van der Waals surface area contributed by atoms with Gasteiger partial charge in [-0.25, -0.2) is 9.59 Å². The molecule has 0 heterocycles. The first-order valence-corrected chi connectivity index (χ1v) is 8.18. The van der Waals surface area contributed by atoms with E-state index in [0.29, 0.717) is 21.3 Å². The van der Waals surface area contributed by atoms with Gasteiger partial charge in [-0.2, -0.15) is 0 Å². The number of halogens is 2. The molecular formula is C16H12Br2O5. The molecule has 0 saturated heterocycles. The summed E-state index contributed by atoms with van der Waals surface area (Å²) in [4.78, 5) is 23.4. The minimum absolute atomic E-state index is 0.0179. The van der Waals surface area contributed by atoms with Gasteiger partial charge in [0.1, 0.15) is 17.1 Å². The largest absolute Gasteiger partial charge is 0.493 e. The Kier molecular flexibility index (Phi) is 5.79. The topological polar surface area (TPSA) is 72.8 Å². The fraction of sp³-hybridized carbons (Fsp3) is 0.125. The second-order valence-electron chi connectivity index (χ2n) is 4.41. The van der Waals surface area contributed by atoms with E-state index in [9.17, 15) is 14.7 Å². The maximum Gasteiger partial charge on any atom is 0.343 e. The molecule has 0 atom stereocenters. The maximum atomic E-state index is 12.2. The number of carboxylic acid groups (broad SMARTS) is 1. The Bertz CT molecular complexity index is 758. The fourth-order valence-corrected chi connectivity index (χ4v) is 2.67. The van der Waals surface area contributed by atoms with Crippen LogP contribution in [0, 0.1) is 0 Å². The number of benzene rings is 2. The number of hydrogen-bond donors (Lipinski definition) is 1. The molecule has 2 rings (SSSR count). The Balaban J connectivity index is 2.26. The minimum Gasteiger partial charge on any atom is -0.493 e. The first-order chi connectivity index (χ1) is 10.9. The number of esters is 1. The van der Waals surface area contributed by atoms with Crippen molar-refractivity contribution in [2.24, 2.45) is 0 Å². The highest BCUT2D eigenvalue weighted by molar-refractivity contribution is 9.10. The van der Waals surface area contributed by atoms with Gasteiger partial charge in [0, 0.05) is 4.47 Å². The number of aromatic carboxylic acids is 1. The van der Waals surface area contributed by atoms with Crippen LogP contribution in [0.2, 0.25) is 0 Å². The van der Waals surface area contributed by atoms with Crippen LogP contribution in [0.4, 0.5) is 0 Å². The predicted molar refractivity (Wildman–Crippen MR) is 91.4 cm³/mol. The van der Waals surface area contributed by atoms with Crippen molar-refractivity contribution in [2.45, 2.75) is 6.92 Å². The normalized spacial score (nSPS) is 10.2. The predicted octanol–water partition coefficient (Wildman–Crippen LogP) is 4.53. The SMILES string of the molecule is CCOc1ccc(C(=O)Oc2ccc(Br)cc2C(=O)O)cc1Br. The van der Waals surface area contributed by atoms with Crippen LogP contribution < -0.4 is 9.47 Å². The van der Waals surface area contributed by atoms with Crippen molar-refractivity contribution in [1.82, 2.24) is 0 Å². The van der Waals surface area contributed by atoms with Crippen molar-refractivity contribution in [3.63, 3.8) is 0 Å². The van der Waals surface area contributed by atoms with Crippen LogP contribution in [0.5, 0.6) is 11.5 Å². The van der Waals surface area contributed by atoms with E-state index in [-0.39, 0.29) is 16.9 Å². The molecule has 23 heavy (non-hydrogen) atoms. The standard InChI is InChI=1S/C16H12Br2O5/c1-2-22-14-5-3-9(7-12(14)18)16(21)23-13-6-4-10(17)8-11(13)15(19)20/h3-8H,2H2,1H3,(H,19,20). The van der Waals surface area contributed by atoms with Gasteiger partial charge in [0.15, 0.2) is 0 Å². The average Bonchev–Trinajstić information content (AvgIpc) is 2.51. The second kappa shape index (κ2) is 7.61. The van der Waals surface area contributed by atoms with E-state index in [1.165, 1.54) is 12.1 Å². The van der Waals surface area contributed by atoms with Gasteiger partial charge in [0.25, 0.3) is 0 Å². The molecule has 0 unspecified atom stereocenters. The third kappa shape index (κ3) is 4.33. The molecule has 0 aliphatic carbocycles.